The molecule has 8 heteroatoms. The second kappa shape index (κ2) is 8.57. The van der Waals surface area contributed by atoms with Crippen molar-refractivity contribution >= 4 is 39.2 Å². The summed E-state index contributed by atoms with van der Waals surface area (Å²) in [4.78, 5) is 17.6. The second-order valence-electron chi connectivity index (χ2n) is 8.61. The van der Waals surface area contributed by atoms with E-state index < -0.39 is 0 Å². The van der Waals surface area contributed by atoms with Gasteiger partial charge in [-0.2, -0.15) is 10.4 Å². The average Bonchev–Trinajstić information content (AvgIpc) is 3.18. The summed E-state index contributed by atoms with van der Waals surface area (Å²) in [5.74, 6) is 0.447. The molecular formula is C27H22ClN5O2. The van der Waals surface area contributed by atoms with E-state index in [0.29, 0.717) is 33.7 Å². The zero-order valence-electron chi connectivity index (χ0n) is 19.7. The zero-order valence-corrected chi connectivity index (χ0v) is 20.4. The van der Waals surface area contributed by atoms with Crippen LogP contribution in [-0.2, 0) is 7.05 Å². The fraction of sp³-hybridized carbons (Fsp3) is 0.185. The van der Waals surface area contributed by atoms with Crippen LogP contribution in [0, 0.1) is 25.2 Å². The minimum atomic E-state index is -0.299. The fourth-order valence-corrected chi connectivity index (χ4v) is 4.59. The first kappa shape index (κ1) is 22.6. The molecule has 1 unspecified atom stereocenters. The van der Waals surface area contributed by atoms with E-state index in [0.717, 1.165) is 22.0 Å². The summed E-state index contributed by atoms with van der Waals surface area (Å²) in [6, 6.07) is 16.8. The molecule has 7 nitrogen and oxygen atoms in total. The van der Waals surface area contributed by atoms with Crippen molar-refractivity contribution < 1.29 is 4.42 Å². The molecule has 5 aromatic rings. The fourth-order valence-electron chi connectivity index (χ4n) is 4.44. The number of rotatable bonds is 4. The van der Waals surface area contributed by atoms with Crippen molar-refractivity contribution in [2.45, 2.75) is 26.8 Å². The number of benzene rings is 2. The highest BCUT2D eigenvalue weighted by Crippen LogP contribution is 2.34. The summed E-state index contributed by atoms with van der Waals surface area (Å²) in [6.07, 6.45) is 0. The molecule has 0 spiro atoms. The first-order valence-corrected chi connectivity index (χ1v) is 11.5. The lowest BCUT2D eigenvalue weighted by molar-refractivity contribution is 0.601. The van der Waals surface area contributed by atoms with Crippen LogP contribution in [0.5, 0.6) is 0 Å². The van der Waals surface area contributed by atoms with Gasteiger partial charge in [0, 0.05) is 23.6 Å². The van der Waals surface area contributed by atoms with Crippen molar-refractivity contribution in [1.82, 2.24) is 14.8 Å². The van der Waals surface area contributed by atoms with Crippen LogP contribution < -0.4 is 10.7 Å². The number of aryl methyl sites for hydroxylation is 2. The van der Waals surface area contributed by atoms with Gasteiger partial charge in [-0.25, -0.2) is 4.98 Å². The molecule has 0 bridgehead atoms. The molecule has 2 aromatic carbocycles. The third-order valence-electron chi connectivity index (χ3n) is 6.17. The lowest BCUT2D eigenvalue weighted by Gasteiger charge is -2.19. The molecule has 35 heavy (non-hydrogen) atoms. The normalized spacial score (nSPS) is 12.1. The molecule has 0 radical (unpaired) electrons. The molecule has 5 rings (SSSR count). The smallest absolute Gasteiger partial charge is 0.196 e. The minimum Gasteiger partial charge on any atom is -0.453 e. The van der Waals surface area contributed by atoms with Crippen LogP contribution >= 0.6 is 11.6 Å². The molecule has 0 saturated carbocycles. The Bertz CT molecular complexity index is 1730. The van der Waals surface area contributed by atoms with Gasteiger partial charge in [0.05, 0.1) is 22.6 Å². The number of anilines is 1. The van der Waals surface area contributed by atoms with E-state index in [9.17, 15) is 10.1 Å². The molecule has 174 valence electrons. The van der Waals surface area contributed by atoms with Crippen LogP contribution in [0.3, 0.4) is 0 Å². The lowest BCUT2D eigenvalue weighted by Crippen LogP contribution is -2.13. The third-order valence-corrected chi connectivity index (χ3v) is 6.38. The Labute approximate surface area is 206 Å². The largest absolute Gasteiger partial charge is 0.453 e. The number of para-hydroxylation sites is 1. The van der Waals surface area contributed by atoms with Gasteiger partial charge in [0.15, 0.2) is 16.9 Å². The number of hydrogen-bond donors (Lipinski definition) is 1. The van der Waals surface area contributed by atoms with Gasteiger partial charge >= 0.3 is 0 Å². The number of halogens is 1. The van der Waals surface area contributed by atoms with Gasteiger partial charge in [-0.1, -0.05) is 35.9 Å². The predicted octanol–water partition coefficient (Wildman–Crippen LogP) is 6.06. The number of hydrogen-bond acceptors (Lipinski definition) is 6. The number of fused-ring (bicyclic) bond motifs is 2. The summed E-state index contributed by atoms with van der Waals surface area (Å²) in [7, 11) is 1.87. The quantitative estimate of drug-likeness (QED) is 0.312. The van der Waals surface area contributed by atoms with Gasteiger partial charge in [-0.05, 0) is 50.6 Å². The van der Waals surface area contributed by atoms with Crippen LogP contribution in [0.15, 0.2) is 57.7 Å². The monoisotopic (exact) mass is 483 g/mol. The van der Waals surface area contributed by atoms with E-state index in [4.69, 9.17) is 16.0 Å². The molecule has 0 aliphatic rings. The summed E-state index contributed by atoms with van der Waals surface area (Å²) in [6.45, 7) is 5.65. The Kier molecular flexibility index (Phi) is 5.54. The van der Waals surface area contributed by atoms with E-state index in [1.807, 2.05) is 57.3 Å². The molecule has 0 amide bonds. The molecule has 1 atom stereocenters. The average molecular weight is 484 g/mol. The maximum absolute atomic E-state index is 13.5. The molecule has 3 aromatic heterocycles. The van der Waals surface area contributed by atoms with Gasteiger partial charge in [0.2, 0.25) is 0 Å². The molecular weight excluding hydrogens is 462 g/mol. The number of pyridine rings is 1. The van der Waals surface area contributed by atoms with E-state index >= 15 is 0 Å². The first-order chi connectivity index (χ1) is 16.8. The van der Waals surface area contributed by atoms with Crippen molar-refractivity contribution in [3.05, 3.63) is 86.3 Å². The summed E-state index contributed by atoms with van der Waals surface area (Å²) in [5, 5.41) is 19.1. The van der Waals surface area contributed by atoms with Crippen LogP contribution in [0.25, 0.3) is 33.3 Å². The number of nitrogens with one attached hydrogen (secondary N) is 1. The maximum Gasteiger partial charge on any atom is 0.196 e. The SMILES string of the molecule is Cc1cc(C(C)Nc2ccc(Cl)nc2C#N)c2oc(-c3nn(C)c4ccccc34)c(C)c(=O)c2c1. The zero-order chi connectivity index (χ0) is 24.9. The van der Waals surface area contributed by atoms with Crippen molar-refractivity contribution in [3.63, 3.8) is 0 Å². The van der Waals surface area contributed by atoms with Crippen LogP contribution in [0.4, 0.5) is 5.69 Å². The maximum atomic E-state index is 13.5. The van der Waals surface area contributed by atoms with E-state index in [1.165, 1.54) is 0 Å². The molecule has 0 aliphatic heterocycles. The van der Waals surface area contributed by atoms with Crippen LogP contribution in [0.2, 0.25) is 5.15 Å². The molecule has 0 saturated heterocycles. The van der Waals surface area contributed by atoms with E-state index in [2.05, 4.69) is 21.5 Å². The summed E-state index contributed by atoms with van der Waals surface area (Å²) >= 11 is 5.95. The lowest BCUT2D eigenvalue weighted by atomic mass is 9.99. The number of aromatic nitrogens is 3. The Morgan fingerprint density at radius 1 is 1.14 bits per heavy atom. The number of nitriles is 1. The van der Waals surface area contributed by atoms with Crippen molar-refractivity contribution in [3.8, 4) is 17.5 Å². The molecule has 3 heterocycles. The van der Waals surface area contributed by atoms with Gasteiger partial charge < -0.3 is 9.73 Å². The van der Waals surface area contributed by atoms with Crippen molar-refractivity contribution in [2.24, 2.45) is 7.05 Å². The van der Waals surface area contributed by atoms with E-state index in [1.54, 1.807) is 23.7 Å². The second-order valence-corrected chi connectivity index (χ2v) is 9.00. The minimum absolute atomic E-state index is 0.0981. The Morgan fingerprint density at radius 3 is 2.69 bits per heavy atom. The van der Waals surface area contributed by atoms with Crippen molar-refractivity contribution in [2.75, 3.05) is 5.32 Å². The van der Waals surface area contributed by atoms with Gasteiger partial charge in [0.25, 0.3) is 0 Å². The predicted molar refractivity (Wildman–Crippen MR) is 138 cm³/mol. The third kappa shape index (κ3) is 3.82. The molecule has 0 aliphatic carbocycles. The van der Waals surface area contributed by atoms with Crippen LogP contribution in [0.1, 0.15) is 35.3 Å². The summed E-state index contributed by atoms with van der Waals surface area (Å²) in [5.41, 5.74) is 4.92. The highest BCUT2D eigenvalue weighted by molar-refractivity contribution is 6.29. The first-order valence-electron chi connectivity index (χ1n) is 11.1. The topological polar surface area (TPSA) is 96.7 Å². The molecule has 0 fully saturated rings. The van der Waals surface area contributed by atoms with Crippen LogP contribution in [-0.4, -0.2) is 14.8 Å². The Morgan fingerprint density at radius 2 is 1.91 bits per heavy atom. The Balaban J connectivity index is 1.72. The highest BCUT2D eigenvalue weighted by atomic mass is 35.5. The van der Waals surface area contributed by atoms with Gasteiger partial charge in [0.1, 0.15) is 22.5 Å². The van der Waals surface area contributed by atoms with Gasteiger partial charge in [-0.3, -0.25) is 9.48 Å². The van der Waals surface area contributed by atoms with E-state index in [-0.39, 0.29) is 22.3 Å². The molecule has 1 N–H and O–H groups in total. The summed E-state index contributed by atoms with van der Waals surface area (Å²) < 4.78 is 8.27. The van der Waals surface area contributed by atoms with Crippen molar-refractivity contribution in [1.29, 1.82) is 5.26 Å². The highest BCUT2D eigenvalue weighted by Gasteiger charge is 2.22. The van der Waals surface area contributed by atoms with Gasteiger partial charge in [-0.15, -0.1) is 0 Å². The standard InChI is InChI=1S/C27H22ClN5O2/c1-14-11-18(16(3)30-20-9-10-23(28)31-21(20)13-29)27-19(12-14)25(34)15(2)26(35-27)24-17-7-5-6-8-22(17)33(4)32-24/h5-12,16,30H,1-4H3. The number of nitrogens with zero attached hydrogens (tertiary/aromatic N) is 4. The Hall–Kier alpha value is -4.15.